The Bertz CT molecular complexity index is 428. The first-order chi connectivity index (χ1) is 9.58. The van der Waals surface area contributed by atoms with E-state index >= 15 is 0 Å². The van der Waals surface area contributed by atoms with E-state index in [1.165, 1.54) is 12.1 Å². The van der Waals surface area contributed by atoms with Gasteiger partial charge >= 0.3 is 0 Å². The highest BCUT2D eigenvalue weighted by Crippen LogP contribution is 2.07. The predicted octanol–water partition coefficient (Wildman–Crippen LogP) is 3.16. The zero-order chi connectivity index (χ0) is 15.0. The summed E-state index contributed by atoms with van der Waals surface area (Å²) < 4.78 is 13.1. The van der Waals surface area contributed by atoms with Crippen LogP contribution >= 0.6 is 12.4 Å². The number of carbonyl (C=O) groups is 1. The Morgan fingerprint density at radius 2 is 2.00 bits per heavy atom. The molecule has 120 valence electrons. The zero-order valence-corrected chi connectivity index (χ0v) is 13.7. The molecule has 0 saturated carbocycles. The number of carbonyl (C=O) groups excluding carboxylic acids is 1. The molecule has 0 aliphatic rings. The van der Waals surface area contributed by atoms with Crippen LogP contribution in [0.2, 0.25) is 0 Å². The quantitative estimate of drug-likeness (QED) is 0.801. The van der Waals surface area contributed by atoms with E-state index < -0.39 is 6.04 Å². The van der Waals surface area contributed by atoms with Crippen LogP contribution in [0.3, 0.4) is 0 Å². The van der Waals surface area contributed by atoms with Gasteiger partial charge in [-0.2, -0.15) is 0 Å². The average molecular weight is 317 g/mol. The van der Waals surface area contributed by atoms with Gasteiger partial charge in [-0.05, 0) is 37.0 Å². The summed E-state index contributed by atoms with van der Waals surface area (Å²) >= 11 is 0. The van der Waals surface area contributed by atoms with Crippen molar-refractivity contribution >= 4 is 18.3 Å². The molecule has 0 aliphatic heterocycles. The Hall–Kier alpha value is -1.13. The molecule has 1 aromatic rings. The number of benzene rings is 1. The summed E-state index contributed by atoms with van der Waals surface area (Å²) in [6.07, 6.45) is 3.16. The zero-order valence-electron chi connectivity index (χ0n) is 12.8. The highest BCUT2D eigenvalue weighted by molar-refractivity contribution is 5.85. The first kappa shape index (κ1) is 19.9. The Labute approximate surface area is 133 Å². The lowest BCUT2D eigenvalue weighted by Gasteiger charge is -2.25. The molecule has 0 bridgehead atoms. The van der Waals surface area contributed by atoms with E-state index in [1.54, 1.807) is 11.0 Å². The van der Waals surface area contributed by atoms with E-state index in [9.17, 15) is 9.18 Å². The lowest BCUT2D eigenvalue weighted by atomic mass is 10.1. The monoisotopic (exact) mass is 316 g/mol. The molecule has 1 atom stereocenters. The molecular weight excluding hydrogens is 291 g/mol. The minimum Gasteiger partial charge on any atom is -0.341 e. The second-order valence-corrected chi connectivity index (χ2v) is 5.10. The molecule has 1 aromatic carbocycles. The Balaban J connectivity index is 0.00000400. The molecule has 1 amide bonds. The normalized spacial score (nSPS) is 11.6. The van der Waals surface area contributed by atoms with Gasteiger partial charge in [-0.25, -0.2) is 4.39 Å². The summed E-state index contributed by atoms with van der Waals surface area (Å²) in [5.41, 5.74) is 6.81. The maximum atomic E-state index is 13.1. The molecule has 0 saturated heterocycles. The van der Waals surface area contributed by atoms with Gasteiger partial charge in [0.05, 0.1) is 6.04 Å². The Morgan fingerprint density at radius 1 is 1.29 bits per heavy atom. The standard InChI is InChI=1S/C16H25FN2O.ClH/c1-3-6-15(18)16(20)19(10-4-2)11-9-13-7-5-8-14(17)12-13;/h5,7-8,12,15H,3-4,6,9-11,18H2,1-2H3;1H. The smallest absolute Gasteiger partial charge is 0.239 e. The molecule has 0 fully saturated rings. The number of hydrogen-bond donors (Lipinski definition) is 1. The van der Waals surface area contributed by atoms with Crippen molar-refractivity contribution in [2.45, 2.75) is 45.6 Å². The van der Waals surface area contributed by atoms with Crippen LogP contribution in [-0.4, -0.2) is 29.9 Å². The molecule has 1 unspecified atom stereocenters. The van der Waals surface area contributed by atoms with E-state index in [1.807, 2.05) is 19.9 Å². The summed E-state index contributed by atoms with van der Waals surface area (Å²) in [6.45, 7) is 5.34. The van der Waals surface area contributed by atoms with Crippen LogP contribution < -0.4 is 5.73 Å². The topological polar surface area (TPSA) is 46.3 Å². The minimum absolute atomic E-state index is 0. The van der Waals surface area contributed by atoms with Gasteiger partial charge in [0.1, 0.15) is 5.82 Å². The van der Waals surface area contributed by atoms with Crippen LogP contribution in [0.4, 0.5) is 4.39 Å². The van der Waals surface area contributed by atoms with Crippen LogP contribution in [0.25, 0.3) is 0 Å². The van der Waals surface area contributed by atoms with Crippen molar-refractivity contribution in [2.24, 2.45) is 5.73 Å². The van der Waals surface area contributed by atoms with Crippen molar-refractivity contribution in [2.75, 3.05) is 13.1 Å². The molecule has 0 heterocycles. The molecule has 0 aromatic heterocycles. The Morgan fingerprint density at radius 3 is 2.57 bits per heavy atom. The van der Waals surface area contributed by atoms with Crippen LogP contribution in [0.5, 0.6) is 0 Å². The maximum absolute atomic E-state index is 13.1. The van der Waals surface area contributed by atoms with Gasteiger partial charge in [0.2, 0.25) is 5.91 Å². The fourth-order valence-corrected chi connectivity index (χ4v) is 2.23. The molecule has 0 spiro atoms. The highest BCUT2D eigenvalue weighted by Gasteiger charge is 2.19. The minimum atomic E-state index is -0.418. The predicted molar refractivity (Wildman–Crippen MR) is 87.1 cm³/mol. The molecule has 0 aliphatic carbocycles. The third-order valence-corrected chi connectivity index (χ3v) is 3.28. The van der Waals surface area contributed by atoms with Crippen molar-refractivity contribution in [1.82, 2.24) is 4.90 Å². The lowest BCUT2D eigenvalue weighted by Crippen LogP contribution is -2.44. The van der Waals surface area contributed by atoms with Crippen LogP contribution in [0.1, 0.15) is 38.7 Å². The molecule has 0 radical (unpaired) electrons. The number of rotatable bonds is 8. The van der Waals surface area contributed by atoms with Crippen molar-refractivity contribution in [3.05, 3.63) is 35.6 Å². The van der Waals surface area contributed by atoms with Gasteiger partial charge < -0.3 is 10.6 Å². The van der Waals surface area contributed by atoms with Gasteiger partial charge in [-0.15, -0.1) is 12.4 Å². The second kappa shape index (κ2) is 10.6. The highest BCUT2D eigenvalue weighted by atomic mass is 35.5. The lowest BCUT2D eigenvalue weighted by molar-refractivity contribution is -0.132. The Kier molecular flexibility index (Phi) is 10.0. The second-order valence-electron chi connectivity index (χ2n) is 5.10. The van der Waals surface area contributed by atoms with E-state index in [4.69, 9.17) is 5.73 Å². The van der Waals surface area contributed by atoms with Gasteiger partial charge in [0.15, 0.2) is 0 Å². The molecular formula is C16H26ClFN2O. The molecule has 5 heteroatoms. The fraction of sp³-hybridized carbons (Fsp3) is 0.562. The summed E-state index contributed by atoms with van der Waals surface area (Å²) in [4.78, 5) is 14.0. The summed E-state index contributed by atoms with van der Waals surface area (Å²) in [5, 5.41) is 0. The first-order valence-electron chi connectivity index (χ1n) is 7.37. The maximum Gasteiger partial charge on any atom is 0.239 e. The number of amides is 1. The summed E-state index contributed by atoms with van der Waals surface area (Å²) in [7, 11) is 0. The van der Waals surface area contributed by atoms with Crippen LogP contribution in [0.15, 0.2) is 24.3 Å². The van der Waals surface area contributed by atoms with Crippen molar-refractivity contribution in [3.8, 4) is 0 Å². The van der Waals surface area contributed by atoms with Gasteiger partial charge in [-0.1, -0.05) is 32.4 Å². The van der Waals surface area contributed by atoms with Crippen molar-refractivity contribution < 1.29 is 9.18 Å². The number of halogens is 2. The van der Waals surface area contributed by atoms with E-state index in [2.05, 4.69) is 0 Å². The van der Waals surface area contributed by atoms with Crippen LogP contribution in [0, 0.1) is 5.82 Å². The average Bonchev–Trinajstić information content (AvgIpc) is 2.43. The summed E-state index contributed by atoms with van der Waals surface area (Å²) in [5.74, 6) is -0.233. The van der Waals surface area contributed by atoms with Gasteiger partial charge in [-0.3, -0.25) is 4.79 Å². The van der Waals surface area contributed by atoms with E-state index in [0.29, 0.717) is 25.9 Å². The molecule has 2 N–H and O–H groups in total. The largest absolute Gasteiger partial charge is 0.341 e. The SMILES string of the molecule is CCCC(N)C(=O)N(CCC)CCc1cccc(F)c1.Cl. The number of hydrogen-bond acceptors (Lipinski definition) is 2. The first-order valence-corrected chi connectivity index (χ1v) is 7.37. The number of nitrogens with two attached hydrogens (primary N) is 1. The van der Waals surface area contributed by atoms with Crippen LogP contribution in [-0.2, 0) is 11.2 Å². The molecule has 1 rings (SSSR count). The van der Waals surface area contributed by atoms with E-state index in [0.717, 1.165) is 18.4 Å². The van der Waals surface area contributed by atoms with E-state index in [-0.39, 0.29) is 24.1 Å². The van der Waals surface area contributed by atoms with Gasteiger partial charge in [0.25, 0.3) is 0 Å². The van der Waals surface area contributed by atoms with Crippen molar-refractivity contribution in [3.63, 3.8) is 0 Å². The molecule has 21 heavy (non-hydrogen) atoms. The fourth-order valence-electron chi connectivity index (χ4n) is 2.23. The number of nitrogens with zero attached hydrogens (tertiary/aromatic N) is 1. The third-order valence-electron chi connectivity index (χ3n) is 3.28. The summed E-state index contributed by atoms with van der Waals surface area (Å²) in [6, 6.07) is 6.10. The molecule has 3 nitrogen and oxygen atoms in total. The van der Waals surface area contributed by atoms with Crippen molar-refractivity contribution in [1.29, 1.82) is 0 Å². The third kappa shape index (κ3) is 6.91. The van der Waals surface area contributed by atoms with Gasteiger partial charge in [0, 0.05) is 13.1 Å².